The minimum Gasteiger partial charge on any atom is -0.389 e. The van der Waals surface area contributed by atoms with Crippen LogP contribution < -0.4 is 11.2 Å². The molecule has 0 aliphatic carbocycles. The first-order valence-corrected chi connectivity index (χ1v) is 13.4. The summed E-state index contributed by atoms with van der Waals surface area (Å²) in [6.07, 6.45) is -4.68. The van der Waals surface area contributed by atoms with E-state index in [4.69, 9.17) is 19.4 Å². The van der Waals surface area contributed by atoms with Crippen molar-refractivity contribution in [1.82, 2.24) is 9.13 Å². The van der Waals surface area contributed by atoms with Crippen molar-refractivity contribution < 1.29 is 48.1 Å². The van der Waals surface area contributed by atoms with E-state index in [9.17, 15) is 29.0 Å². The van der Waals surface area contributed by atoms with Gasteiger partial charge in [0.1, 0.15) is 24.9 Å². The lowest BCUT2D eigenvalue weighted by atomic mass is 10.1. The average molecular weight is 521 g/mol. The van der Waals surface area contributed by atoms with E-state index in [0.29, 0.717) is 0 Å². The van der Waals surface area contributed by atoms with Gasteiger partial charge in [-0.2, -0.15) is 0 Å². The number of rotatable bonds is 9. The van der Waals surface area contributed by atoms with Crippen molar-refractivity contribution in [3.05, 3.63) is 64.1 Å². The van der Waals surface area contributed by atoms with Crippen LogP contribution in [-0.4, -0.2) is 64.8 Å². The van der Waals surface area contributed by atoms with Gasteiger partial charge in [-0.05, 0) is 5.56 Å². The molecule has 188 valence electrons. The first kappa shape index (κ1) is 26.5. The molecule has 0 saturated carbocycles. The van der Waals surface area contributed by atoms with Crippen LogP contribution in [0.5, 0.6) is 0 Å². The Hall–Kier alpha value is -2.12. The highest BCUT2D eigenvalue weighted by Crippen LogP contribution is 2.55. The zero-order valence-electron chi connectivity index (χ0n) is 17.9. The number of ether oxygens (including phenoxy) is 1. The average Bonchev–Trinajstić information content (AvgIpc) is 3.03. The van der Waals surface area contributed by atoms with Gasteiger partial charge in [-0.1, -0.05) is 35.5 Å². The third kappa shape index (κ3) is 6.72. The highest BCUT2D eigenvalue weighted by atomic mass is 31.2. The molecule has 0 spiro atoms. The number of aliphatic hydroxyl groups excluding tert-OH is 2. The van der Waals surface area contributed by atoms with Gasteiger partial charge in [-0.3, -0.25) is 18.3 Å². The second kappa shape index (κ2) is 10.6. The van der Waals surface area contributed by atoms with E-state index in [-0.39, 0.29) is 12.1 Å². The summed E-state index contributed by atoms with van der Waals surface area (Å²) in [5.74, 6) is -1.42. The first-order chi connectivity index (χ1) is 15.9. The lowest BCUT2D eigenvalue weighted by Crippen LogP contribution is -2.42. The van der Waals surface area contributed by atoms with E-state index < -0.39 is 57.9 Å². The van der Waals surface area contributed by atoms with Crippen LogP contribution in [0, 0.1) is 0 Å². The quantitative estimate of drug-likeness (QED) is 0.204. The second-order valence-electron chi connectivity index (χ2n) is 7.56. The van der Waals surface area contributed by atoms with E-state index in [1.54, 1.807) is 0 Å². The van der Waals surface area contributed by atoms with Crippen LogP contribution in [0.2, 0.25) is 0 Å². The summed E-state index contributed by atoms with van der Waals surface area (Å²) in [5.41, 5.74) is 0.376. The van der Waals surface area contributed by atoms with Gasteiger partial charge in [0.15, 0.2) is 17.6 Å². The molecule has 3 rings (SSSR count). The molecule has 2 aromatic rings. The molecule has 5 N–H and O–H groups in total. The fraction of sp³-hybridized carbons (Fsp3) is 0.444. The third-order valence-electron chi connectivity index (χ3n) is 4.88. The Morgan fingerprint density at radius 1 is 1.09 bits per heavy atom. The highest BCUT2D eigenvalue weighted by molar-refractivity contribution is 7.70. The van der Waals surface area contributed by atoms with Gasteiger partial charge in [0, 0.05) is 19.3 Å². The number of hydrogen-bond donors (Lipinski definition) is 5. The number of benzene rings is 1. The van der Waals surface area contributed by atoms with Crippen molar-refractivity contribution in [2.45, 2.75) is 31.1 Å². The first-order valence-electron chi connectivity index (χ1n) is 9.88. The Bertz CT molecular complexity index is 1210. The van der Waals surface area contributed by atoms with Crippen molar-refractivity contribution >= 4 is 15.2 Å². The molecule has 1 aromatic heterocycles. The Balaban J connectivity index is 1.71. The van der Waals surface area contributed by atoms with E-state index in [0.717, 1.165) is 14.7 Å². The molecule has 1 aliphatic rings. The maximum absolute atomic E-state index is 12.8. The number of aliphatic hydroxyl groups is 2. The molecule has 1 aliphatic heterocycles. The summed E-state index contributed by atoms with van der Waals surface area (Å²) in [7, 11) is -8.12. The third-order valence-corrected chi connectivity index (χ3v) is 8.34. The fourth-order valence-electron chi connectivity index (χ4n) is 3.19. The lowest BCUT2D eigenvalue weighted by Gasteiger charge is -2.19. The van der Waals surface area contributed by atoms with Gasteiger partial charge in [0.05, 0.1) is 6.61 Å². The largest absolute Gasteiger partial charge is 0.389 e. The molecule has 16 heteroatoms. The van der Waals surface area contributed by atoms with Gasteiger partial charge in [-0.15, -0.1) is 0 Å². The summed E-state index contributed by atoms with van der Waals surface area (Å²) in [5, 5.41) is 24.5. The minimum absolute atomic E-state index is 0.170. The maximum Gasteiger partial charge on any atom is 0.340 e. The van der Waals surface area contributed by atoms with Crippen molar-refractivity contribution in [1.29, 1.82) is 0 Å². The van der Waals surface area contributed by atoms with Gasteiger partial charge >= 0.3 is 20.9 Å². The van der Waals surface area contributed by atoms with Crippen LogP contribution in [0.15, 0.2) is 52.5 Å². The number of aromatic nitrogens is 2. The molecule has 1 fully saturated rings. The van der Waals surface area contributed by atoms with Crippen molar-refractivity contribution in [2.24, 2.45) is 12.2 Å². The van der Waals surface area contributed by atoms with Gasteiger partial charge in [-0.25, -0.2) is 4.79 Å². The molecule has 34 heavy (non-hydrogen) atoms. The minimum atomic E-state index is -4.84. The summed E-state index contributed by atoms with van der Waals surface area (Å²) >= 11 is 0. The van der Waals surface area contributed by atoms with Crippen LogP contribution in [-0.2, 0) is 36.9 Å². The summed E-state index contributed by atoms with van der Waals surface area (Å²) < 4.78 is 34.9. The Morgan fingerprint density at radius 2 is 1.76 bits per heavy atom. The van der Waals surface area contributed by atoms with E-state index >= 15 is 0 Å². The normalized spacial score (nSPS) is 25.3. The SMILES string of the molecule is Cn1c(=O)n(C2OC(COP(=O)(O)CP(=O)(O)O)C(O)C2O)cc/c1=N/OCc1ccccc1. The van der Waals surface area contributed by atoms with Crippen LogP contribution in [0.1, 0.15) is 11.8 Å². The highest BCUT2D eigenvalue weighted by Gasteiger charge is 2.45. The Kier molecular flexibility index (Phi) is 8.30. The Labute approximate surface area is 193 Å². The molecular formula is C18H25N3O11P2. The van der Waals surface area contributed by atoms with Gasteiger partial charge in [0.25, 0.3) is 0 Å². The van der Waals surface area contributed by atoms with Crippen molar-refractivity contribution in [2.75, 3.05) is 12.5 Å². The predicted octanol–water partition coefficient (Wildman–Crippen LogP) is -0.824. The molecule has 5 atom stereocenters. The zero-order chi connectivity index (χ0) is 25.1. The standard InChI is InChI=1S/C18H25N3O11P2/c1-20-14(19-30-9-12-5-3-2-4-6-12)7-8-21(18(20)24)17-16(23)15(22)13(32-17)10-31-34(28,29)11-33(25,26)27/h2-8,13,15-17,22-23H,9-11H2,1H3,(H,28,29)(H2,25,26,27)/b19-14-. The topological polar surface area (TPSA) is 202 Å². The molecule has 1 aromatic carbocycles. The van der Waals surface area contributed by atoms with Gasteiger partial charge in [0.2, 0.25) is 0 Å². The molecular weight excluding hydrogens is 496 g/mol. The summed E-state index contributed by atoms with van der Waals surface area (Å²) in [6.45, 7) is -0.580. The van der Waals surface area contributed by atoms with Gasteiger partial charge < -0.3 is 39.0 Å². The van der Waals surface area contributed by atoms with Crippen molar-refractivity contribution in [3.63, 3.8) is 0 Å². The Morgan fingerprint density at radius 3 is 2.41 bits per heavy atom. The fourth-order valence-corrected chi connectivity index (χ4v) is 5.76. The maximum atomic E-state index is 12.8. The molecule has 0 radical (unpaired) electrons. The smallest absolute Gasteiger partial charge is 0.340 e. The van der Waals surface area contributed by atoms with Crippen molar-refractivity contribution in [3.8, 4) is 0 Å². The molecule has 1 saturated heterocycles. The monoisotopic (exact) mass is 521 g/mol. The summed E-state index contributed by atoms with van der Waals surface area (Å²) in [4.78, 5) is 45.3. The zero-order valence-corrected chi connectivity index (χ0v) is 19.7. The second-order valence-corrected chi connectivity index (χ2v) is 11.6. The van der Waals surface area contributed by atoms with Crippen LogP contribution in [0.4, 0.5) is 0 Å². The molecule has 2 heterocycles. The van der Waals surface area contributed by atoms with Crippen LogP contribution >= 0.6 is 15.2 Å². The molecule has 0 bridgehead atoms. The van der Waals surface area contributed by atoms with Crippen LogP contribution in [0.25, 0.3) is 0 Å². The molecule has 5 unspecified atom stereocenters. The molecule has 0 amide bonds. The number of nitrogens with zero attached hydrogens (tertiary/aromatic N) is 3. The lowest BCUT2D eigenvalue weighted by molar-refractivity contribution is -0.0530. The van der Waals surface area contributed by atoms with E-state index in [2.05, 4.69) is 9.68 Å². The van der Waals surface area contributed by atoms with Crippen LogP contribution in [0.3, 0.4) is 0 Å². The summed E-state index contributed by atoms with van der Waals surface area (Å²) in [6, 6.07) is 10.7. The number of hydrogen-bond acceptors (Lipinski definition) is 9. The predicted molar refractivity (Wildman–Crippen MR) is 115 cm³/mol. The van der Waals surface area contributed by atoms with E-state index in [1.165, 1.54) is 19.3 Å². The molecule has 14 nitrogen and oxygen atoms in total. The van der Waals surface area contributed by atoms with E-state index in [1.807, 2.05) is 30.3 Å².